The van der Waals surface area contributed by atoms with Gasteiger partial charge >= 0.3 is 0 Å². The Morgan fingerprint density at radius 2 is 2.33 bits per heavy atom. The van der Waals surface area contributed by atoms with E-state index in [1.54, 1.807) is 12.1 Å². The number of hydrogen-bond donors (Lipinski definition) is 2. The molecule has 100 valence electrons. The number of hydrogen-bond acceptors (Lipinski definition) is 2. The van der Waals surface area contributed by atoms with Gasteiger partial charge in [-0.05, 0) is 59.6 Å². The van der Waals surface area contributed by atoms with E-state index in [0.717, 1.165) is 19.5 Å². The fraction of sp³-hybridized carbons (Fsp3) is 0.417. The second-order valence-electron chi connectivity index (χ2n) is 4.20. The minimum absolute atomic E-state index is 0. The summed E-state index contributed by atoms with van der Waals surface area (Å²) in [6.45, 7) is 2.59. The van der Waals surface area contributed by atoms with Crippen molar-refractivity contribution in [1.82, 2.24) is 10.6 Å². The molecule has 2 N–H and O–H groups in total. The largest absolute Gasteiger partial charge is 0.352 e. The van der Waals surface area contributed by atoms with Crippen molar-refractivity contribution in [2.45, 2.75) is 6.42 Å². The molecule has 3 nitrogen and oxygen atoms in total. The van der Waals surface area contributed by atoms with Crippen molar-refractivity contribution in [3.05, 3.63) is 34.1 Å². The Bertz CT molecular complexity index is 425. The number of nitrogens with one attached hydrogen (secondary N) is 2. The van der Waals surface area contributed by atoms with E-state index in [0.29, 0.717) is 22.5 Å². The first-order valence-electron chi connectivity index (χ1n) is 5.61. The second-order valence-corrected chi connectivity index (χ2v) is 5.05. The van der Waals surface area contributed by atoms with E-state index in [1.807, 2.05) is 0 Å². The maximum absolute atomic E-state index is 13.2. The Balaban J connectivity index is 0.00000162. The van der Waals surface area contributed by atoms with E-state index in [1.165, 1.54) is 6.07 Å². The average molecular weight is 338 g/mol. The highest BCUT2D eigenvalue weighted by molar-refractivity contribution is 9.10. The van der Waals surface area contributed by atoms with Crippen LogP contribution in [0.5, 0.6) is 0 Å². The Morgan fingerprint density at radius 3 is 2.94 bits per heavy atom. The van der Waals surface area contributed by atoms with Crippen LogP contribution >= 0.6 is 28.3 Å². The van der Waals surface area contributed by atoms with Crippen LogP contribution in [-0.2, 0) is 0 Å². The zero-order valence-electron chi connectivity index (χ0n) is 9.71. The van der Waals surface area contributed by atoms with Crippen LogP contribution in [0.25, 0.3) is 0 Å². The van der Waals surface area contributed by atoms with Crippen molar-refractivity contribution in [1.29, 1.82) is 0 Å². The Kier molecular flexibility index (Phi) is 6.05. The van der Waals surface area contributed by atoms with Crippen molar-refractivity contribution in [2.75, 3.05) is 19.6 Å². The fourth-order valence-corrected chi connectivity index (χ4v) is 2.11. The van der Waals surface area contributed by atoms with E-state index in [2.05, 4.69) is 26.6 Å². The number of halogens is 3. The van der Waals surface area contributed by atoms with Crippen molar-refractivity contribution in [2.24, 2.45) is 5.92 Å². The van der Waals surface area contributed by atoms with Crippen molar-refractivity contribution in [3.63, 3.8) is 0 Å². The number of amides is 1. The molecule has 0 aromatic heterocycles. The van der Waals surface area contributed by atoms with Crippen LogP contribution in [-0.4, -0.2) is 25.5 Å². The van der Waals surface area contributed by atoms with E-state index in [9.17, 15) is 9.18 Å². The molecule has 1 aromatic carbocycles. The molecule has 0 aliphatic carbocycles. The first-order valence-corrected chi connectivity index (χ1v) is 6.40. The lowest BCUT2D eigenvalue weighted by molar-refractivity contribution is 0.0947. The number of carbonyl (C=O) groups excluding carboxylic acids is 1. The predicted molar refractivity (Wildman–Crippen MR) is 74.7 cm³/mol. The van der Waals surface area contributed by atoms with E-state index in [-0.39, 0.29) is 18.3 Å². The molecule has 2 rings (SSSR count). The van der Waals surface area contributed by atoms with Gasteiger partial charge in [-0.15, -0.1) is 12.4 Å². The van der Waals surface area contributed by atoms with Crippen LogP contribution in [0.15, 0.2) is 22.7 Å². The first kappa shape index (κ1) is 15.4. The van der Waals surface area contributed by atoms with Gasteiger partial charge in [0.15, 0.2) is 0 Å². The summed E-state index contributed by atoms with van der Waals surface area (Å²) >= 11 is 3.06. The van der Waals surface area contributed by atoms with Gasteiger partial charge in [0.1, 0.15) is 5.82 Å². The van der Waals surface area contributed by atoms with Gasteiger partial charge in [-0.1, -0.05) is 0 Å². The SMILES string of the molecule is Cl.O=C(NCC1CCNC1)c1ccc(Br)c(F)c1. The molecule has 1 saturated heterocycles. The lowest BCUT2D eigenvalue weighted by atomic mass is 10.1. The summed E-state index contributed by atoms with van der Waals surface area (Å²) < 4.78 is 13.6. The maximum atomic E-state index is 13.2. The highest BCUT2D eigenvalue weighted by Gasteiger charge is 2.16. The molecule has 1 fully saturated rings. The fourth-order valence-electron chi connectivity index (χ4n) is 1.87. The molecule has 1 aliphatic rings. The zero-order chi connectivity index (χ0) is 12.3. The molecule has 1 atom stereocenters. The van der Waals surface area contributed by atoms with Crippen LogP contribution in [0.4, 0.5) is 4.39 Å². The van der Waals surface area contributed by atoms with Gasteiger partial charge in [0.2, 0.25) is 0 Å². The molecule has 6 heteroatoms. The third kappa shape index (κ3) is 3.93. The van der Waals surface area contributed by atoms with Gasteiger partial charge < -0.3 is 10.6 Å². The molecule has 1 amide bonds. The molecule has 0 saturated carbocycles. The summed E-state index contributed by atoms with van der Waals surface area (Å²) in [5, 5.41) is 6.06. The molecule has 1 unspecified atom stereocenters. The summed E-state index contributed by atoms with van der Waals surface area (Å²) in [6, 6.07) is 4.39. The Morgan fingerprint density at radius 1 is 1.56 bits per heavy atom. The van der Waals surface area contributed by atoms with Crippen LogP contribution in [0.1, 0.15) is 16.8 Å². The summed E-state index contributed by atoms with van der Waals surface area (Å²) in [5.41, 5.74) is 0.358. The molecule has 0 radical (unpaired) electrons. The lowest BCUT2D eigenvalue weighted by Gasteiger charge is -2.10. The smallest absolute Gasteiger partial charge is 0.251 e. The minimum atomic E-state index is -0.416. The van der Waals surface area contributed by atoms with Gasteiger partial charge in [-0.3, -0.25) is 4.79 Å². The standard InChI is InChI=1S/C12H14BrFN2O.ClH/c13-10-2-1-9(5-11(10)14)12(17)16-7-8-3-4-15-6-8;/h1-2,5,8,15H,3-4,6-7H2,(H,16,17);1H. The monoisotopic (exact) mass is 336 g/mol. The van der Waals surface area contributed by atoms with Gasteiger partial charge in [0.05, 0.1) is 4.47 Å². The molecule has 1 aliphatic heterocycles. The predicted octanol–water partition coefficient (Wildman–Crippen LogP) is 2.35. The molecule has 0 bridgehead atoms. The Labute approximate surface area is 120 Å². The number of rotatable bonds is 3. The first-order chi connectivity index (χ1) is 8.16. The Hall–Kier alpha value is -0.650. The molecule has 1 heterocycles. The van der Waals surface area contributed by atoms with Crippen LogP contribution in [0, 0.1) is 11.7 Å². The van der Waals surface area contributed by atoms with Gasteiger partial charge in [-0.2, -0.15) is 0 Å². The van der Waals surface area contributed by atoms with Gasteiger partial charge in [-0.25, -0.2) is 4.39 Å². The van der Waals surface area contributed by atoms with E-state index >= 15 is 0 Å². The van der Waals surface area contributed by atoms with Crippen LogP contribution in [0.2, 0.25) is 0 Å². The molecule has 0 spiro atoms. The number of benzene rings is 1. The van der Waals surface area contributed by atoms with Gasteiger partial charge in [0.25, 0.3) is 5.91 Å². The normalized spacial score (nSPS) is 18.2. The summed E-state index contributed by atoms with van der Waals surface area (Å²) in [7, 11) is 0. The molecular formula is C12H15BrClFN2O. The van der Waals surface area contributed by atoms with Crippen LogP contribution in [0.3, 0.4) is 0 Å². The van der Waals surface area contributed by atoms with E-state index in [4.69, 9.17) is 0 Å². The third-order valence-electron chi connectivity index (χ3n) is 2.90. The quantitative estimate of drug-likeness (QED) is 0.889. The minimum Gasteiger partial charge on any atom is -0.352 e. The molecule has 18 heavy (non-hydrogen) atoms. The van der Waals surface area contributed by atoms with E-state index < -0.39 is 5.82 Å². The second kappa shape index (κ2) is 7.07. The molecular weight excluding hydrogens is 322 g/mol. The number of carbonyl (C=O) groups is 1. The summed E-state index contributed by atoms with van der Waals surface area (Å²) in [6.07, 6.45) is 1.08. The average Bonchev–Trinajstić information content (AvgIpc) is 2.82. The summed E-state index contributed by atoms with van der Waals surface area (Å²) in [5.74, 6) is -0.150. The van der Waals surface area contributed by atoms with Crippen molar-refractivity contribution in [3.8, 4) is 0 Å². The summed E-state index contributed by atoms with van der Waals surface area (Å²) in [4.78, 5) is 11.8. The lowest BCUT2D eigenvalue weighted by Crippen LogP contribution is -2.30. The highest BCUT2D eigenvalue weighted by Crippen LogP contribution is 2.16. The third-order valence-corrected chi connectivity index (χ3v) is 3.54. The topological polar surface area (TPSA) is 41.1 Å². The highest BCUT2D eigenvalue weighted by atomic mass is 79.9. The zero-order valence-corrected chi connectivity index (χ0v) is 12.1. The van der Waals surface area contributed by atoms with Gasteiger partial charge in [0, 0.05) is 12.1 Å². The van der Waals surface area contributed by atoms with Crippen LogP contribution < -0.4 is 10.6 Å². The maximum Gasteiger partial charge on any atom is 0.251 e. The molecule has 1 aromatic rings. The van der Waals surface area contributed by atoms with Crippen molar-refractivity contribution < 1.29 is 9.18 Å². The van der Waals surface area contributed by atoms with Crippen molar-refractivity contribution >= 4 is 34.2 Å².